The average Bonchev–Trinajstić information content (AvgIpc) is 2.99. The Morgan fingerprint density at radius 3 is 1.43 bits per heavy atom. The van der Waals surface area contributed by atoms with E-state index in [4.69, 9.17) is 42.6 Å². The number of nitrogens with one attached hydrogen (secondary N) is 1. The second kappa shape index (κ2) is 28.8. The molecule has 1 aromatic rings. The lowest BCUT2D eigenvalue weighted by atomic mass is 10.2. The van der Waals surface area contributed by atoms with Gasteiger partial charge in [0.15, 0.2) is 0 Å². The first-order chi connectivity index (χ1) is 20.7. The van der Waals surface area contributed by atoms with E-state index in [2.05, 4.69) is 12.2 Å². The molecule has 0 aliphatic heterocycles. The first-order valence-electron chi connectivity index (χ1n) is 14.9. The fourth-order valence-corrected chi connectivity index (χ4v) is 3.22. The van der Waals surface area contributed by atoms with E-state index in [1.54, 1.807) is 19.1 Å². The van der Waals surface area contributed by atoms with Gasteiger partial charge in [-0.05, 0) is 37.6 Å². The minimum atomic E-state index is -0.364. The number of carbonyl (C=O) groups excluding carboxylic acids is 2. The summed E-state index contributed by atoms with van der Waals surface area (Å²) < 4.78 is 47.9. The summed E-state index contributed by atoms with van der Waals surface area (Å²) in [6.45, 7) is 11.5. The van der Waals surface area contributed by atoms with Crippen molar-refractivity contribution in [2.24, 2.45) is 0 Å². The molecule has 0 atom stereocenters. The van der Waals surface area contributed by atoms with Gasteiger partial charge in [0.2, 0.25) is 0 Å². The first-order valence-corrected chi connectivity index (χ1v) is 14.9. The predicted molar refractivity (Wildman–Crippen MR) is 157 cm³/mol. The molecule has 12 nitrogen and oxygen atoms in total. The van der Waals surface area contributed by atoms with Gasteiger partial charge in [-0.25, -0.2) is 4.79 Å². The van der Waals surface area contributed by atoms with Crippen LogP contribution in [0.3, 0.4) is 0 Å². The van der Waals surface area contributed by atoms with Crippen LogP contribution in [-0.4, -0.2) is 124 Å². The van der Waals surface area contributed by atoms with Gasteiger partial charge in [-0.3, -0.25) is 4.79 Å². The summed E-state index contributed by atoms with van der Waals surface area (Å²) in [5.41, 5.74) is 1.51. The third-order valence-electron chi connectivity index (χ3n) is 5.43. The summed E-state index contributed by atoms with van der Waals surface area (Å²) in [5.74, 6) is -0.618. The Morgan fingerprint density at radius 2 is 1.00 bits per heavy atom. The highest BCUT2D eigenvalue weighted by Gasteiger charge is 2.07. The van der Waals surface area contributed by atoms with Crippen molar-refractivity contribution in [3.05, 3.63) is 29.8 Å². The Bertz CT molecular complexity index is 764. The van der Waals surface area contributed by atoms with Gasteiger partial charge in [-0.1, -0.05) is 13.3 Å². The summed E-state index contributed by atoms with van der Waals surface area (Å²) in [4.78, 5) is 23.2. The Morgan fingerprint density at radius 1 is 0.571 bits per heavy atom. The van der Waals surface area contributed by atoms with Crippen molar-refractivity contribution >= 4 is 17.6 Å². The van der Waals surface area contributed by atoms with Crippen LogP contribution in [0.1, 0.15) is 43.5 Å². The Balaban J connectivity index is 1.76. The molecule has 0 aromatic heterocycles. The summed E-state index contributed by atoms with van der Waals surface area (Å²) in [6, 6.07) is 7.27. The van der Waals surface area contributed by atoms with Gasteiger partial charge in [0, 0.05) is 12.2 Å². The van der Waals surface area contributed by atoms with E-state index >= 15 is 0 Å². The molecular weight excluding hydrogens is 550 g/mol. The number of esters is 2. The van der Waals surface area contributed by atoms with Crippen LogP contribution < -0.4 is 5.32 Å². The zero-order chi connectivity index (χ0) is 30.4. The SMILES string of the molecule is CCCCNc1ccc(C(=O)OCCOCCOCCOCCOCCOCCOCCOCCC(=O)OCC)cc1. The number of rotatable bonds is 30. The van der Waals surface area contributed by atoms with Crippen LogP contribution in [0.5, 0.6) is 0 Å². The zero-order valence-electron chi connectivity index (χ0n) is 25.4. The van der Waals surface area contributed by atoms with Gasteiger partial charge < -0.3 is 47.9 Å². The highest BCUT2D eigenvalue weighted by atomic mass is 16.6. The minimum absolute atomic E-state index is 0.188. The van der Waals surface area contributed by atoms with E-state index < -0.39 is 0 Å². The van der Waals surface area contributed by atoms with E-state index in [1.807, 2.05) is 12.1 Å². The summed E-state index contributed by atoms with van der Waals surface area (Å²) in [6.07, 6.45) is 2.49. The lowest BCUT2D eigenvalue weighted by molar-refractivity contribution is -0.144. The van der Waals surface area contributed by atoms with E-state index in [0.717, 1.165) is 25.1 Å². The van der Waals surface area contributed by atoms with Crippen molar-refractivity contribution in [2.45, 2.75) is 33.1 Å². The first kappa shape index (κ1) is 37.7. The fraction of sp³-hybridized carbons (Fsp3) is 0.733. The van der Waals surface area contributed by atoms with Gasteiger partial charge in [0.05, 0.1) is 111 Å². The monoisotopic (exact) mass is 601 g/mol. The van der Waals surface area contributed by atoms with Crippen LogP contribution in [0.4, 0.5) is 5.69 Å². The highest BCUT2D eigenvalue weighted by Crippen LogP contribution is 2.10. The fourth-order valence-electron chi connectivity index (χ4n) is 3.22. The van der Waals surface area contributed by atoms with Crippen molar-refractivity contribution in [1.29, 1.82) is 0 Å². The molecule has 1 N–H and O–H groups in total. The number of unbranched alkanes of at least 4 members (excludes halogenated alkanes) is 1. The van der Waals surface area contributed by atoms with E-state index in [9.17, 15) is 9.59 Å². The number of carbonyl (C=O) groups is 2. The molecule has 0 heterocycles. The van der Waals surface area contributed by atoms with Crippen molar-refractivity contribution in [2.75, 3.05) is 118 Å². The molecule has 0 unspecified atom stereocenters. The minimum Gasteiger partial charge on any atom is -0.466 e. The summed E-state index contributed by atoms with van der Waals surface area (Å²) in [5, 5.41) is 3.31. The normalized spacial score (nSPS) is 11.0. The number of hydrogen-bond donors (Lipinski definition) is 1. The maximum atomic E-state index is 12.1. The van der Waals surface area contributed by atoms with E-state index in [0.29, 0.717) is 105 Å². The van der Waals surface area contributed by atoms with Crippen LogP contribution in [0.25, 0.3) is 0 Å². The van der Waals surface area contributed by atoms with Gasteiger partial charge in [0.1, 0.15) is 6.61 Å². The van der Waals surface area contributed by atoms with Gasteiger partial charge in [-0.15, -0.1) is 0 Å². The Hall–Kier alpha value is -2.32. The molecule has 0 saturated heterocycles. The second-order valence-corrected chi connectivity index (χ2v) is 8.84. The highest BCUT2D eigenvalue weighted by molar-refractivity contribution is 5.89. The predicted octanol–water partition coefficient (Wildman–Crippen LogP) is 3.12. The lowest BCUT2D eigenvalue weighted by Crippen LogP contribution is -2.15. The quantitative estimate of drug-likeness (QED) is 0.103. The molecule has 42 heavy (non-hydrogen) atoms. The second-order valence-electron chi connectivity index (χ2n) is 8.84. The standard InChI is InChI=1S/C30H51NO11/c1-3-5-11-31-28-8-6-27(7-9-28)30(33)42-26-25-40-24-23-39-22-21-38-20-19-37-18-17-36-16-15-35-14-13-34-12-10-29(32)41-4-2/h6-9,31H,3-5,10-26H2,1-2H3. The molecule has 242 valence electrons. The van der Waals surface area contributed by atoms with Crippen LogP contribution in [0.15, 0.2) is 24.3 Å². The summed E-state index contributed by atoms with van der Waals surface area (Å²) >= 11 is 0. The molecule has 0 amide bonds. The van der Waals surface area contributed by atoms with Gasteiger partial charge >= 0.3 is 11.9 Å². The van der Waals surface area contributed by atoms with Crippen LogP contribution in [0.2, 0.25) is 0 Å². The molecule has 0 aliphatic rings. The van der Waals surface area contributed by atoms with Gasteiger partial charge in [0.25, 0.3) is 0 Å². The molecule has 0 radical (unpaired) electrons. The van der Waals surface area contributed by atoms with Crippen molar-refractivity contribution in [3.8, 4) is 0 Å². The average molecular weight is 602 g/mol. The molecule has 0 aliphatic carbocycles. The maximum Gasteiger partial charge on any atom is 0.338 e. The largest absolute Gasteiger partial charge is 0.466 e. The van der Waals surface area contributed by atoms with Crippen LogP contribution in [-0.2, 0) is 47.4 Å². The van der Waals surface area contributed by atoms with Crippen LogP contribution in [0, 0.1) is 0 Å². The molecule has 0 bridgehead atoms. The number of hydrogen-bond acceptors (Lipinski definition) is 12. The van der Waals surface area contributed by atoms with E-state index in [1.165, 1.54) is 0 Å². The third-order valence-corrected chi connectivity index (χ3v) is 5.43. The smallest absolute Gasteiger partial charge is 0.338 e. The van der Waals surface area contributed by atoms with E-state index in [-0.39, 0.29) is 25.0 Å². The Labute approximate surface area is 250 Å². The molecule has 0 fully saturated rings. The van der Waals surface area contributed by atoms with Crippen molar-refractivity contribution < 1.29 is 52.2 Å². The van der Waals surface area contributed by atoms with Gasteiger partial charge in [-0.2, -0.15) is 0 Å². The number of anilines is 1. The Kier molecular flexibility index (Phi) is 25.8. The molecular formula is C30H51NO11. The lowest BCUT2D eigenvalue weighted by Gasteiger charge is -2.09. The topological polar surface area (TPSA) is 129 Å². The summed E-state index contributed by atoms with van der Waals surface area (Å²) in [7, 11) is 0. The molecule has 12 heteroatoms. The molecule has 1 rings (SSSR count). The number of benzene rings is 1. The van der Waals surface area contributed by atoms with Crippen molar-refractivity contribution in [3.63, 3.8) is 0 Å². The zero-order valence-corrected chi connectivity index (χ0v) is 25.4. The number of ether oxygens (including phenoxy) is 9. The molecule has 1 aromatic carbocycles. The maximum absolute atomic E-state index is 12.1. The molecule has 0 spiro atoms. The van der Waals surface area contributed by atoms with Crippen molar-refractivity contribution in [1.82, 2.24) is 0 Å². The molecule has 0 saturated carbocycles. The third kappa shape index (κ3) is 23.3. The van der Waals surface area contributed by atoms with Crippen LogP contribution >= 0.6 is 0 Å².